The van der Waals surface area contributed by atoms with Gasteiger partial charge in [-0.05, 0) is 37.1 Å². The van der Waals surface area contributed by atoms with Gasteiger partial charge in [0.1, 0.15) is 5.82 Å². The first-order chi connectivity index (χ1) is 15.4. The molecule has 32 heavy (non-hydrogen) atoms. The maximum Gasteiger partial charge on any atom is 0.417 e. The van der Waals surface area contributed by atoms with Gasteiger partial charge in [-0.1, -0.05) is 36.8 Å². The smallest absolute Gasteiger partial charge is 0.376 e. The van der Waals surface area contributed by atoms with E-state index in [0.29, 0.717) is 18.1 Å². The fourth-order valence-corrected chi connectivity index (χ4v) is 3.98. The average Bonchev–Trinajstić information content (AvgIpc) is 3.22. The van der Waals surface area contributed by atoms with E-state index in [9.17, 15) is 18.0 Å². The molecule has 1 saturated heterocycles. The van der Waals surface area contributed by atoms with Crippen LogP contribution in [0.5, 0.6) is 0 Å². The molecule has 1 N–H and O–H groups in total. The SMILES string of the molecule is O=C(C[C@H](COCc1ccccc1)c1nnc2ccc(C(F)(F)F)cn12)C1CCCCN1. The molecule has 1 unspecified atom stereocenters. The summed E-state index contributed by atoms with van der Waals surface area (Å²) in [4.78, 5) is 12.9. The number of Topliss-reactive ketones (excluding diaryl/α,β-unsaturated/α-hetero) is 1. The summed E-state index contributed by atoms with van der Waals surface area (Å²) >= 11 is 0. The zero-order valence-corrected chi connectivity index (χ0v) is 17.5. The molecule has 0 saturated carbocycles. The molecule has 3 heterocycles. The van der Waals surface area contributed by atoms with E-state index in [1.54, 1.807) is 0 Å². The molecule has 0 bridgehead atoms. The lowest BCUT2D eigenvalue weighted by Crippen LogP contribution is -2.41. The molecule has 9 heteroatoms. The van der Waals surface area contributed by atoms with Crippen LogP contribution in [-0.4, -0.2) is 39.6 Å². The van der Waals surface area contributed by atoms with Gasteiger partial charge < -0.3 is 10.1 Å². The Kier molecular flexibility index (Phi) is 6.86. The number of alkyl halides is 3. The van der Waals surface area contributed by atoms with Gasteiger partial charge in [0, 0.05) is 18.5 Å². The number of nitrogens with one attached hydrogen (secondary N) is 1. The van der Waals surface area contributed by atoms with E-state index in [1.807, 2.05) is 30.3 Å². The summed E-state index contributed by atoms with van der Waals surface area (Å²) in [6, 6.07) is 11.6. The highest BCUT2D eigenvalue weighted by molar-refractivity contribution is 5.84. The summed E-state index contributed by atoms with van der Waals surface area (Å²) in [6.07, 6.45) is -0.627. The Bertz CT molecular complexity index is 1050. The van der Waals surface area contributed by atoms with Crippen molar-refractivity contribution in [3.05, 3.63) is 65.6 Å². The number of aromatic nitrogens is 3. The van der Waals surface area contributed by atoms with Crippen LogP contribution >= 0.6 is 0 Å². The molecule has 6 nitrogen and oxygen atoms in total. The van der Waals surface area contributed by atoms with Crippen LogP contribution in [0, 0.1) is 0 Å². The Morgan fingerprint density at radius 1 is 1.16 bits per heavy atom. The predicted molar refractivity (Wildman–Crippen MR) is 112 cm³/mol. The number of rotatable bonds is 8. The average molecular weight is 446 g/mol. The highest BCUT2D eigenvalue weighted by Crippen LogP contribution is 2.30. The van der Waals surface area contributed by atoms with Gasteiger partial charge >= 0.3 is 6.18 Å². The van der Waals surface area contributed by atoms with Gasteiger partial charge in [-0.25, -0.2) is 0 Å². The zero-order chi connectivity index (χ0) is 22.6. The third-order valence-electron chi connectivity index (χ3n) is 5.70. The van der Waals surface area contributed by atoms with Gasteiger partial charge in [0.25, 0.3) is 0 Å². The molecule has 0 amide bonds. The number of ketones is 1. The predicted octanol–water partition coefficient (Wildman–Crippen LogP) is 4.15. The normalized spacial score (nSPS) is 18.0. The van der Waals surface area contributed by atoms with E-state index in [-0.39, 0.29) is 24.9 Å². The number of carbonyl (C=O) groups is 1. The third-order valence-corrected chi connectivity index (χ3v) is 5.70. The molecule has 3 aromatic rings. The van der Waals surface area contributed by atoms with Crippen molar-refractivity contribution in [1.82, 2.24) is 19.9 Å². The second kappa shape index (κ2) is 9.79. The molecule has 0 aliphatic carbocycles. The van der Waals surface area contributed by atoms with Gasteiger partial charge in [-0.3, -0.25) is 9.20 Å². The molecule has 1 aromatic carbocycles. The molecule has 0 radical (unpaired) electrons. The Hall–Kier alpha value is -2.78. The van der Waals surface area contributed by atoms with Crippen LogP contribution in [0.15, 0.2) is 48.7 Å². The van der Waals surface area contributed by atoms with E-state index in [0.717, 1.165) is 43.6 Å². The van der Waals surface area contributed by atoms with E-state index in [1.165, 1.54) is 10.5 Å². The van der Waals surface area contributed by atoms with Crippen LogP contribution in [0.4, 0.5) is 13.2 Å². The van der Waals surface area contributed by atoms with Crippen molar-refractivity contribution in [2.45, 2.75) is 50.4 Å². The molecule has 2 aromatic heterocycles. The summed E-state index contributed by atoms with van der Waals surface area (Å²) in [6.45, 7) is 1.26. The summed E-state index contributed by atoms with van der Waals surface area (Å²) < 4.78 is 47.0. The second-order valence-corrected chi connectivity index (χ2v) is 8.07. The first-order valence-corrected chi connectivity index (χ1v) is 10.7. The van der Waals surface area contributed by atoms with Crippen molar-refractivity contribution in [2.75, 3.05) is 13.2 Å². The Morgan fingerprint density at radius 2 is 1.97 bits per heavy atom. The topological polar surface area (TPSA) is 68.5 Å². The molecule has 1 fully saturated rings. The molecule has 0 spiro atoms. The number of hydrogen-bond acceptors (Lipinski definition) is 5. The van der Waals surface area contributed by atoms with Crippen LogP contribution in [0.3, 0.4) is 0 Å². The maximum absolute atomic E-state index is 13.3. The van der Waals surface area contributed by atoms with Crippen LogP contribution < -0.4 is 5.32 Å². The molecule has 170 valence electrons. The highest BCUT2D eigenvalue weighted by atomic mass is 19.4. The molecule has 1 aliphatic heterocycles. The Morgan fingerprint density at radius 3 is 2.69 bits per heavy atom. The van der Waals surface area contributed by atoms with Crippen molar-refractivity contribution < 1.29 is 22.7 Å². The Labute approximate surface area is 183 Å². The molecule has 4 rings (SSSR count). The van der Waals surface area contributed by atoms with Crippen molar-refractivity contribution in [1.29, 1.82) is 0 Å². The number of nitrogens with zero attached hydrogens (tertiary/aromatic N) is 3. The van der Waals surface area contributed by atoms with Crippen LogP contribution in [0.1, 0.15) is 48.6 Å². The largest absolute Gasteiger partial charge is 0.417 e. The molecular weight excluding hydrogens is 421 g/mol. The lowest BCUT2D eigenvalue weighted by molar-refractivity contribution is -0.137. The Balaban J connectivity index is 1.58. The van der Waals surface area contributed by atoms with Gasteiger partial charge in [0.15, 0.2) is 11.4 Å². The number of ether oxygens (including phenoxy) is 1. The quantitative estimate of drug-likeness (QED) is 0.563. The summed E-state index contributed by atoms with van der Waals surface area (Å²) in [7, 11) is 0. The minimum atomic E-state index is -4.49. The number of carbonyl (C=O) groups excluding carboxylic acids is 1. The van der Waals surface area contributed by atoms with Crippen molar-refractivity contribution >= 4 is 11.4 Å². The van der Waals surface area contributed by atoms with Gasteiger partial charge in [0.2, 0.25) is 0 Å². The van der Waals surface area contributed by atoms with E-state index in [2.05, 4.69) is 15.5 Å². The highest BCUT2D eigenvalue weighted by Gasteiger charge is 2.32. The molecule has 1 aliphatic rings. The number of pyridine rings is 1. The molecule has 2 atom stereocenters. The number of halogens is 3. The van der Waals surface area contributed by atoms with Crippen LogP contribution in [0.25, 0.3) is 5.65 Å². The lowest BCUT2D eigenvalue weighted by Gasteiger charge is -2.24. The zero-order valence-electron chi connectivity index (χ0n) is 17.5. The van der Waals surface area contributed by atoms with E-state index < -0.39 is 17.7 Å². The number of fused-ring (bicyclic) bond motifs is 1. The third kappa shape index (κ3) is 5.34. The number of benzene rings is 1. The number of piperidine rings is 1. The van der Waals surface area contributed by atoms with E-state index >= 15 is 0 Å². The van der Waals surface area contributed by atoms with Gasteiger partial charge in [0.05, 0.1) is 24.8 Å². The lowest BCUT2D eigenvalue weighted by atomic mass is 9.93. The van der Waals surface area contributed by atoms with E-state index in [4.69, 9.17) is 4.74 Å². The fourth-order valence-electron chi connectivity index (χ4n) is 3.98. The fraction of sp³-hybridized carbons (Fsp3) is 0.435. The monoisotopic (exact) mass is 446 g/mol. The van der Waals surface area contributed by atoms with Crippen molar-refractivity contribution in [2.24, 2.45) is 0 Å². The maximum atomic E-state index is 13.3. The van der Waals surface area contributed by atoms with Crippen LogP contribution in [0.2, 0.25) is 0 Å². The van der Waals surface area contributed by atoms with Crippen LogP contribution in [-0.2, 0) is 22.3 Å². The van der Waals surface area contributed by atoms with Gasteiger partial charge in [-0.15, -0.1) is 10.2 Å². The standard InChI is InChI=1S/C23H25F3N4O2/c24-23(25,26)18-9-10-21-28-29-22(30(21)13-18)17(12-20(31)19-8-4-5-11-27-19)15-32-14-16-6-2-1-3-7-16/h1-3,6-7,9-10,13,17,19,27H,4-5,8,11-12,14-15H2/t17-,19?/m1/s1. The second-order valence-electron chi connectivity index (χ2n) is 8.07. The summed E-state index contributed by atoms with van der Waals surface area (Å²) in [5, 5.41) is 11.4. The summed E-state index contributed by atoms with van der Waals surface area (Å²) in [5.74, 6) is -0.210. The van der Waals surface area contributed by atoms with Gasteiger partial charge in [-0.2, -0.15) is 13.2 Å². The number of hydrogen-bond donors (Lipinski definition) is 1. The first-order valence-electron chi connectivity index (χ1n) is 10.7. The first kappa shape index (κ1) is 22.4. The summed E-state index contributed by atoms with van der Waals surface area (Å²) in [5.41, 5.74) is 0.469. The van der Waals surface area contributed by atoms with Crippen molar-refractivity contribution in [3.8, 4) is 0 Å². The molecular formula is C23H25F3N4O2. The minimum absolute atomic E-state index is 0.0155. The van der Waals surface area contributed by atoms with Crippen molar-refractivity contribution in [3.63, 3.8) is 0 Å². The minimum Gasteiger partial charge on any atom is -0.376 e.